The number of aryl methyl sites for hydroxylation is 1. The lowest BCUT2D eigenvalue weighted by Crippen LogP contribution is -2.18. The van der Waals surface area contributed by atoms with E-state index < -0.39 is 12.8 Å². The van der Waals surface area contributed by atoms with Crippen molar-refractivity contribution in [2.45, 2.75) is 24.9 Å². The van der Waals surface area contributed by atoms with Gasteiger partial charge in [0.1, 0.15) is 12.4 Å². The van der Waals surface area contributed by atoms with Crippen molar-refractivity contribution in [3.8, 4) is 5.75 Å². The van der Waals surface area contributed by atoms with Gasteiger partial charge in [-0.05, 0) is 12.5 Å². The Hall–Kier alpha value is -0.750. The summed E-state index contributed by atoms with van der Waals surface area (Å²) < 4.78 is 45.6. The largest absolute Gasteiger partial charge is 0.493 e. The second kappa shape index (κ2) is 7.75. The molecule has 0 radical (unpaired) electrons. The van der Waals surface area contributed by atoms with Crippen LogP contribution in [0.15, 0.2) is 18.2 Å². The highest BCUT2D eigenvalue weighted by Crippen LogP contribution is 2.25. The van der Waals surface area contributed by atoms with Gasteiger partial charge < -0.3 is 9.47 Å². The molecule has 0 aliphatic carbocycles. The second-order valence-corrected chi connectivity index (χ2v) is 4.63. The number of benzene rings is 1. The predicted molar refractivity (Wildman–Crippen MR) is 70.8 cm³/mol. The summed E-state index contributed by atoms with van der Waals surface area (Å²) in [6.45, 7) is 1.10. The first kappa shape index (κ1) is 16.3. The Kier molecular flexibility index (Phi) is 6.65. The molecule has 19 heavy (non-hydrogen) atoms. The zero-order valence-corrected chi connectivity index (χ0v) is 12.2. The SMILES string of the molecule is Cc1cccc(CBr)c1OCCCOCC(F)(F)F. The first-order valence-electron chi connectivity index (χ1n) is 5.86. The Morgan fingerprint density at radius 1 is 1.21 bits per heavy atom. The van der Waals surface area contributed by atoms with E-state index in [9.17, 15) is 13.2 Å². The first-order valence-corrected chi connectivity index (χ1v) is 6.98. The molecule has 6 heteroatoms. The lowest BCUT2D eigenvalue weighted by molar-refractivity contribution is -0.174. The van der Waals surface area contributed by atoms with Crippen molar-refractivity contribution in [2.24, 2.45) is 0 Å². The van der Waals surface area contributed by atoms with Crippen molar-refractivity contribution in [3.63, 3.8) is 0 Å². The minimum Gasteiger partial charge on any atom is -0.493 e. The van der Waals surface area contributed by atoms with Gasteiger partial charge in [-0.3, -0.25) is 0 Å². The monoisotopic (exact) mass is 340 g/mol. The maximum absolute atomic E-state index is 11.8. The number of hydrogen-bond donors (Lipinski definition) is 0. The van der Waals surface area contributed by atoms with Crippen molar-refractivity contribution in [3.05, 3.63) is 29.3 Å². The van der Waals surface area contributed by atoms with Crippen LogP contribution in [0, 0.1) is 6.92 Å². The Morgan fingerprint density at radius 3 is 2.58 bits per heavy atom. The molecule has 0 heterocycles. The van der Waals surface area contributed by atoms with Gasteiger partial charge in [0.2, 0.25) is 0 Å². The van der Waals surface area contributed by atoms with Gasteiger partial charge in [0.05, 0.1) is 13.2 Å². The highest BCUT2D eigenvalue weighted by atomic mass is 79.9. The summed E-state index contributed by atoms with van der Waals surface area (Å²) in [4.78, 5) is 0. The van der Waals surface area contributed by atoms with Gasteiger partial charge in [-0.1, -0.05) is 34.1 Å². The molecule has 1 aromatic rings. The molecule has 0 fully saturated rings. The van der Waals surface area contributed by atoms with Gasteiger partial charge in [-0.2, -0.15) is 13.2 Å². The topological polar surface area (TPSA) is 18.5 Å². The van der Waals surface area contributed by atoms with Crippen LogP contribution in [0.25, 0.3) is 0 Å². The number of ether oxygens (including phenoxy) is 2. The fourth-order valence-electron chi connectivity index (χ4n) is 1.55. The molecular formula is C13H16BrF3O2. The fourth-order valence-corrected chi connectivity index (χ4v) is 1.99. The number of alkyl halides is 4. The Morgan fingerprint density at radius 2 is 1.95 bits per heavy atom. The van der Waals surface area contributed by atoms with E-state index >= 15 is 0 Å². The molecule has 0 unspecified atom stereocenters. The standard InChI is InChI=1S/C13H16BrF3O2/c1-10-4-2-5-11(8-14)12(10)19-7-3-6-18-9-13(15,16)17/h2,4-5H,3,6-9H2,1H3. The van der Waals surface area contributed by atoms with E-state index in [-0.39, 0.29) is 6.61 Å². The molecule has 0 N–H and O–H groups in total. The van der Waals surface area contributed by atoms with Crippen molar-refractivity contribution < 1.29 is 22.6 Å². The van der Waals surface area contributed by atoms with Crippen molar-refractivity contribution in [1.29, 1.82) is 0 Å². The summed E-state index contributed by atoms with van der Waals surface area (Å²) in [5, 5.41) is 0.675. The quantitative estimate of drug-likeness (QED) is 0.546. The van der Waals surface area contributed by atoms with Gasteiger partial charge in [0, 0.05) is 17.3 Å². The first-order chi connectivity index (χ1) is 8.94. The van der Waals surface area contributed by atoms with E-state index in [0.29, 0.717) is 18.4 Å². The third-order valence-electron chi connectivity index (χ3n) is 2.38. The highest BCUT2D eigenvalue weighted by molar-refractivity contribution is 9.08. The van der Waals surface area contributed by atoms with Crippen molar-refractivity contribution in [2.75, 3.05) is 19.8 Å². The normalized spacial score (nSPS) is 11.6. The maximum Gasteiger partial charge on any atom is 0.411 e. The number of hydrogen-bond acceptors (Lipinski definition) is 2. The molecule has 0 aliphatic heterocycles. The van der Waals surface area contributed by atoms with E-state index in [0.717, 1.165) is 16.9 Å². The molecule has 0 saturated carbocycles. The molecule has 1 aromatic carbocycles. The highest BCUT2D eigenvalue weighted by Gasteiger charge is 2.27. The Balaban J connectivity index is 2.30. The van der Waals surface area contributed by atoms with Crippen LogP contribution in [-0.4, -0.2) is 26.0 Å². The van der Waals surface area contributed by atoms with E-state index in [1.807, 2.05) is 25.1 Å². The van der Waals surface area contributed by atoms with Crippen LogP contribution < -0.4 is 4.74 Å². The Bertz CT molecular complexity index is 394. The van der Waals surface area contributed by atoms with E-state index in [4.69, 9.17) is 4.74 Å². The van der Waals surface area contributed by atoms with Crippen LogP contribution in [0.4, 0.5) is 13.2 Å². The summed E-state index contributed by atoms with van der Waals surface area (Å²) in [5.74, 6) is 0.787. The summed E-state index contributed by atoms with van der Waals surface area (Å²) in [6.07, 6.45) is -3.84. The third kappa shape index (κ3) is 6.29. The van der Waals surface area contributed by atoms with Gasteiger partial charge in [0.25, 0.3) is 0 Å². The molecule has 0 aliphatic rings. The molecule has 0 atom stereocenters. The Labute approximate surface area is 119 Å². The molecule has 2 nitrogen and oxygen atoms in total. The predicted octanol–water partition coefficient (Wildman–Crippen LogP) is 4.24. The van der Waals surface area contributed by atoms with Crippen molar-refractivity contribution >= 4 is 15.9 Å². The summed E-state index contributed by atoms with van der Waals surface area (Å²) >= 11 is 3.37. The van der Waals surface area contributed by atoms with Gasteiger partial charge in [-0.15, -0.1) is 0 Å². The average molecular weight is 341 g/mol. The van der Waals surface area contributed by atoms with Crippen LogP contribution in [-0.2, 0) is 10.1 Å². The number of para-hydroxylation sites is 1. The molecule has 0 spiro atoms. The van der Waals surface area contributed by atoms with E-state index in [1.54, 1.807) is 0 Å². The number of rotatable bonds is 7. The lowest BCUT2D eigenvalue weighted by Gasteiger charge is -2.13. The van der Waals surface area contributed by atoms with Crippen LogP contribution in [0.3, 0.4) is 0 Å². The van der Waals surface area contributed by atoms with Crippen LogP contribution in [0.2, 0.25) is 0 Å². The summed E-state index contributed by atoms with van der Waals surface area (Å²) in [7, 11) is 0. The van der Waals surface area contributed by atoms with Crippen molar-refractivity contribution in [1.82, 2.24) is 0 Å². The lowest BCUT2D eigenvalue weighted by atomic mass is 10.1. The molecule has 108 valence electrons. The third-order valence-corrected chi connectivity index (χ3v) is 2.99. The van der Waals surface area contributed by atoms with Crippen LogP contribution in [0.1, 0.15) is 17.5 Å². The van der Waals surface area contributed by atoms with Gasteiger partial charge >= 0.3 is 6.18 Å². The summed E-state index contributed by atoms with van der Waals surface area (Å²) in [6, 6.07) is 5.81. The fraction of sp³-hybridized carbons (Fsp3) is 0.538. The zero-order chi connectivity index (χ0) is 14.3. The average Bonchev–Trinajstić information content (AvgIpc) is 2.33. The van der Waals surface area contributed by atoms with E-state index in [2.05, 4.69) is 20.7 Å². The minimum absolute atomic E-state index is 0.0367. The molecule has 0 aromatic heterocycles. The molecule has 0 saturated heterocycles. The number of halogens is 4. The molecule has 1 rings (SSSR count). The smallest absolute Gasteiger partial charge is 0.411 e. The summed E-state index contributed by atoms with van der Waals surface area (Å²) in [5.41, 5.74) is 2.03. The minimum atomic E-state index is -4.26. The van der Waals surface area contributed by atoms with Gasteiger partial charge in [-0.25, -0.2) is 0 Å². The second-order valence-electron chi connectivity index (χ2n) is 4.07. The van der Waals surface area contributed by atoms with E-state index in [1.165, 1.54) is 0 Å². The van der Waals surface area contributed by atoms with Gasteiger partial charge in [0.15, 0.2) is 0 Å². The molecule has 0 amide bonds. The van der Waals surface area contributed by atoms with Crippen LogP contribution >= 0.6 is 15.9 Å². The van der Waals surface area contributed by atoms with Crippen LogP contribution in [0.5, 0.6) is 5.75 Å². The maximum atomic E-state index is 11.8. The zero-order valence-electron chi connectivity index (χ0n) is 10.6. The molecular weight excluding hydrogens is 325 g/mol. The molecule has 0 bridgehead atoms.